The van der Waals surface area contributed by atoms with Gasteiger partial charge in [-0.25, -0.2) is 0 Å². The van der Waals surface area contributed by atoms with Gasteiger partial charge in [-0.1, -0.05) is 0 Å². The van der Waals surface area contributed by atoms with Crippen LogP contribution in [0.4, 0.5) is 11.5 Å². The predicted molar refractivity (Wildman–Crippen MR) is 98.2 cm³/mol. The summed E-state index contributed by atoms with van der Waals surface area (Å²) in [5, 5.41) is 11.1. The van der Waals surface area contributed by atoms with Crippen molar-refractivity contribution in [2.75, 3.05) is 11.5 Å². The van der Waals surface area contributed by atoms with Gasteiger partial charge in [0.15, 0.2) is 12.4 Å². The van der Waals surface area contributed by atoms with Crippen molar-refractivity contribution >= 4 is 23.2 Å². The molecule has 0 N–H and O–H groups in total. The number of carbonyl (C=O) groups is 2. The standard InChI is InChI=1S/C19H19N3O5/c1-11-4-7-18(19(20-11)22(25)26)27-10-17(24)14-5-6-16-15(9-14)8-12(2)21(16)13(3)23/h4-7,9,12H,8,10H2,1-3H3/t12-/m1/s1. The fraction of sp³-hybridized carbons (Fsp3) is 0.316. The lowest BCUT2D eigenvalue weighted by atomic mass is 10.0. The highest BCUT2D eigenvalue weighted by Crippen LogP contribution is 2.33. The number of amides is 1. The van der Waals surface area contributed by atoms with E-state index in [-0.39, 0.29) is 30.1 Å². The topological polar surface area (TPSA) is 103 Å². The highest BCUT2D eigenvalue weighted by molar-refractivity contribution is 6.00. The lowest BCUT2D eigenvalue weighted by Crippen LogP contribution is -2.33. The van der Waals surface area contributed by atoms with Gasteiger partial charge in [0.05, 0.1) is 0 Å². The Labute approximate surface area is 155 Å². The second-order valence-electron chi connectivity index (χ2n) is 6.53. The summed E-state index contributed by atoms with van der Waals surface area (Å²) >= 11 is 0. The van der Waals surface area contributed by atoms with Gasteiger partial charge >= 0.3 is 5.82 Å². The van der Waals surface area contributed by atoms with Crippen molar-refractivity contribution in [2.24, 2.45) is 0 Å². The van der Waals surface area contributed by atoms with Gasteiger partial charge in [0.1, 0.15) is 5.69 Å². The molecule has 2 heterocycles. The third-order valence-corrected chi connectivity index (χ3v) is 4.47. The number of nitro groups is 1. The van der Waals surface area contributed by atoms with E-state index >= 15 is 0 Å². The van der Waals surface area contributed by atoms with Crippen molar-refractivity contribution < 1.29 is 19.2 Å². The van der Waals surface area contributed by atoms with Crippen molar-refractivity contribution in [2.45, 2.75) is 33.2 Å². The summed E-state index contributed by atoms with van der Waals surface area (Å²) in [6.45, 7) is 4.77. The van der Waals surface area contributed by atoms with Crippen molar-refractivity contribution in [1.82, 2.24) is 4.98 Å². The number of Topliss-reactive ketones (excluding diaryl/α,β-unsaturated/α-hetero) is 1. The monoisotopic (exact) mass is 369 g/mol. The summed E-state index contributed by atoms with van der Waals surface area (Å²) in [5.41, 5.74) is 2.66. The molecular formula is C19H19N3O5. The molecule has 0 spiro atoms. The number of pyridine rings is 1. The summed E-state index contributed by atoms with van der Waals surface area (Å²) in [4.78, 5) is 40.2. The van der Waals surface area contributed by atoms with Crippen LogP contribution in [0.1, 0.15) is 35.5 Å². The normalized spacial score (nSPS) is 15.4. The average molecular weight is 369 g/mol. The van der Waals surface area contributed by atoms with E-state index in [1.165, 1.54) is 13.0 Å². The van der Waals surface area contributed by atoms with Crippen LogP contribution in [0, 0.1) is 17.0 Å². The summed E-state index contributed by atoms with van der Waals surface area (Å²) in [6.07, 6.45) is 0.671. The van der Waals surface area contributed by atoms with Gasteiger partial charge in [0.25, 0.3) is 0 Å². The number of rotatable bonds is 5. The number of hydrogen-bond donors (Lipinski definition) is 0. The van der Waals surface area contributed by atoms with E-state index in [1.54, 1.807) is 36.1 Å². The molecule has 0 unspecified atom stereocenters. The zero-order valence-corrected chi connectivity index (χ0v) is 15.3. The number of ketones is 1. The maximum absolute atomic E-state index is 12.5. The lowest BCUT2D eigenvalue weighted by Gasteiger charge is -2.20. The Bertz CT molecular complexity index is 941. The van der Waals surface area contributed by atoms with Gasteiger partial charge in [-0.15, -0.1) is 0 Å². The molecule has 8 heteroatoms. The van der Waals surface area contributed by atoms with Crippen molar-refractivity contribution in [3.63, 3.8) is 0 Å². The Hall–Kier alpha value is -3.29. The molecule has 1 aromatic carbocycles. The molecule has 1 aliphatic rings. The zero-order valence-electron chi connectivity index (χ0n) is 15.3. The molecule has 2 aromatic rings. The number of anilines is 1. The Morgan fingerprint density at radius 3 is 2.74 bits per heavy atom. The Kier molecular flexibility index (Phi) is 4.89. The van der Waals surface area contributed by atoms with Gasteiger partial charge in [0, 0.05) is 31.1 Å². The lowest BCUT2D eigenvalue weighted by molar-refractivity contribution is -0.390. The van der Waals surface area contributed by atoms with E-state index in [1.807, 2.05) is 6.92 Å². The molecule has 8 nitrogen and oxygen atoms in total. The first kappa shape index (κ1) is 18.5. The molecular weight excluding hydrogens is 350 g/mol. The van der Waals surface area contributed by atoms with Gasteiger partial charge in [0.2, 0.25) is 11.7 Å². The number of hydrogen-bond acceptors (Lipinski definition) is 6. The average Bonchev–Trinajstić information content (AvgIpc) is 2.95. The third-order valence-electron chi connectivity index (χ3n) is 4.47. The summed E-state index contributed by atoms with van der Waals surface area (Å²) < 4.78 is 5.35. The molecule has 1 atom stereocenters. The molecule has 140 valence electrons. The first-order chi connectivity index (χ1) is 12.8. The van der Waals surface area contributed by atoms with Crippen LogP contribution in [-0.2, 0) is 11.2 Å². The summed E-state index contributed by atoms with van der Waals surface area (Å²) in [6, 6.07) is 8.20. The number of aryl methyl sites for hydroxylation is 1. The van der Waals surface area contributed by atoms with Crippen LogP contribution >= 0.6 is 0 Å². The van der Waals surface area contributed by atoms with Crippen LogP contribution in [0.2, 0.25) is 0 Å². The number of benzene rings is 1. The van der Waals surface area contributed by atoms with E-state index in [4.69, 9.17) is 4.74 Å². The minimum Gasteiger partial charge on any atom is -0.477 e. The van der Waals surface area contributed by atoms with Gasteiger partial charge in [-0.05, 0) is 59.1 Å². The van der Waals surface area contributed by atoms with Gasteiger partial charge < -0.3 is 19.8 Å². The smallest absolute Gasteiger partial charge is 0.406 e. The number of carbonyl (C=O) groups excluding carboxylic acids is 2. The van der Waals surface area contributed by atoms with Crippen LogP contribution in [-0.4, -0.2) is 34.2 Å². The number of fused-ring (bicyclic) bond motifs is 1. The molecule has 0 bridgehead atoms. The Morgan fingerprint density at radius 2 is 2.07 bits per heavy atom. The molecule has 27 heavy (non-hydrogen) atoms. The molecule has 1 aliphatic heterocycles. The molecule has 0 saturated carbocycles. The van der Waals surface area contributed by atoms with Crippen molar-refractivity contribution in [1.29, 1.82) is 0 Å². The second kappa shape index (κ2) is 7.14. The molecule has 0 fully saturated rings. The summed E-state index contributed by atoms with van der Waals surface area (Å²) in [5.74, 6) is -0.802. The predicted octanol–water partition coefficient (Wildman–Crippen LogP) is 2.86. The van der Waals surface area contributed by atoms with Crippen LogP contribution in [0.15, 0.2) is 30.3 Å². The zero-order chi connectivity index (χ0) is 19.7. The fourth-order valence-electron chi connectivity index (χ4n) is 3.28. The van der Waals surface area contributed by atoms with Crippen molar-refractivity contribution in [3.8, 4) is 5.75 Å². The minimum absolute atomic E-state index is 0.0390. The Balaban J connectivity index is 1.76. The Morgan fingerprint density at radius 1 is 1.33 bits per heavy atom. The van der Waals surface area contributed by atoms with E-state index in [0.29, 0.717) is 17.7 Å². The van der Waals surface area contributed by atoms with Crippen LogP contribution < -0.4 is 9.64 Å². The first-order valence-corrected chi connectivity index (χ1v) is 8.48. The maximum Gasteiger partial charge on any atom is 0.406 e. The van der Waals surface area contributed by atoms with Crippen LogP contribution in [0.5, 0.6) is 5.75 Å². The van der Waals surface area contributed by atoms with E-state index in [2.05, 4.69) is 4.98 Å². The highest BCUT2D eigenvalue weighted by Gasteiger charge is 2.29. The molecule has 1 aromatic heterocycles. The van der Waals surface area contributed by atoms with Crippen molar-refractivity contribution in [3.05, 3.63) is 57.3 Å². The largest absolute Gasteiger partial charge is 0.477 e. The number of ether oxygens (including phenoxy) is 1. The van der Waals surface area contributed by atoms with E-state index < -0.39 is 10.7 Å². The first-order valence-electron chi connectivity index (χ1n) is 8.48. The minimum atomic E-state index is -0.639. The van der Waals surface area contributed by atoms with E-state index in [0.717, 1.165) is 11.3 Å². The van der Waals surface area contributed by atoms with Crippen LogP contribution in [0.25, 0.3) is 0 Å². The quantitative estimate of drug-likeness (QED) is 0.456. The van der Waals surface area contributed by atoms with E-state index in [9.17, 15) is 19.7 Å². The fourth-order valence-corrected chi connectivity index (χ4v) is 3.28. The summed E-state index contributed by atoms with van der Waals surface area (Å²) in [7, 11) is 0. The van der Waals surface area contributed by atoms with Gasteiger partial charge in [-0.2, -0.15) is 0 Å². The second-order valence-corrected chi connectivity index (χ2v) is 6.53. The third kappa shape index (κ3) is 3.64. The molecule has 0 saturated heterocycles. The van der Waals surface area contributed by atoms with Gasteiger partial charge in [-0.3, -0.25) is 9.59 Å². The highest BCUT2D eigenvalue weighted by atomic mass is 16.6. The molecule has 0 radical (unpaired) electrons. The molecule has 0 aliphatic carbocycles. The van der Waals surface area contributed by atoms with Crippen LogP contribution in [0.3, 0.4) is 0 Å². The number of nitrogens with zero attached hydrogens (tertiary/aromatic N) is 3. The molecule has 1 amide bonds. The maximum atomic E-state index is 12.5. The SMILES string of the molecule is CC(=O)N1c2ccc(C(=O)COc3ccc(C)nc3[N+](=O)[O-])cc2C[C@H]1C. The number of aromatic nitrogens is 1. The molecule has 3 rings (SSSR count).